The second-order valence-corrected chi connectivity index (χ2v) is 3.87. The highest BCUT2D eigenvalue weighted by Crippen LogP contribution is 2.12. The Morgan fingerprint density at radius 2 is 2.06 bits per heavy atom. The van der Waals surface area contributed by atoms with Gasteiger partial charge in [0.1, 0.15) is 0 Å². The van der Waals surface area contributed by atoms with Crippen molar-refractivity contribution in [3.63, 3.8) is 0 Å². The lowest BCUT2D eigenvalue weighted by Crippen LogP contribution is -2.12. The Morgan fingerprint density at radius 1 is 1.35 bits per heavy atom. The van der Waals surface area contributed by atoms with E-state index in [1.807, 2.05) is 37.3 Å². The van der Waals surface area contributed by atoms with Gasteiger partial charge in [-0.1, -0.05) is 30.3 Å². The zero-order valence-electron chi connectivity index (χ0n) is 9.76. The van der Waals surface area contributed by atoms with Gasteiger partial charge in [-0.25, -0.2) is 0 Å². The smallest absolute Gasteiger partial charge is 0.252 e. The first-order valence-corrected chi connectivity index (χ1v) is 5.60. The molecule has 1 aromatic heterocycles. The molecule has 2 N–H and O–H groups in total. The molecule has 0 fully saturated rings. The summed E-state index contributed by atoms with van der Waals surface area (Å²) in [6.07, 6.45) is 2.34. The summed E-state index contributed by atoms with van der Waals surface area (Å²) in [4.78, 5) is 11.3. The molecule has 4 heteroatoms. The summed E-state index contributed by atoms with van der Waals surface area (Å²) >= 11 is 0. The maximum atomic E-state index is 11.3. The average molecular weight is 229 g/mol. The summed E-state index contributed by atoms with van der Waals surface area (Å²) in [5.74, 6) is -0.421. The lowest BCUT2D eigenvalue weighted by molar-refractivity contribution is 0.0999. The Kier molecular flexibility index (Phi) is 3.23. The number of hydrogen-bond donors (Lipinski definition) is 1. The molecule has 1 amide bonds. The van der Waals surface area contributed by atoms with Crippen LogP contribution in [-0.2, 0) is 13.0 Å². The Balaban J connectivity index is 2.31. The number of hydrogen-bond acceptors (Lipinski definition) is 2. The fraction of sp³-hybridized carbons (Fsp3) is 0.231. The number of nitrogens with zero attached hydrogens (tertiary/aromatic N) is 2. The van der Waals surface area contributed by atoms with Crippen molar-refractivity contribution in [1.82, 2.24) is 9.78 Å². The molecular formula is C13H15N3O. The van der Waals surface area contributed by atoms with Gasteiger partial charge in [-0.15, -0.1) is 0 Å². The van der Waals surface area contributed by atoms with Gasteiger partial charge in [-0.05, 0) is 12.5 Å². The van der Waals surface area contributed by atoms with E-state index in [9.17, 15) is 4.79 Å². The molecule has 0 radical (unpaired) electrons. The fourth-order valence-corrected chi connectivity index (χ4v) is 1.75. The minimum atomic E-state index is -0.421. The van der Waals surface area contributed by atoms with Crippen molar-refractivity contribution in [2.24, 2.45) is 5.73 Å². The van der Waals surface area contributed by atoms with Crippen LogP contribution in [0.3, 0.4) is 0 Å². The van der Waals surface area contributed by atoms with Crippen LogP contribution < -0.4 is 5.73 Å². The molecule has 2 aromatic rings. The average Bonchev–Trinajstić information content (AvgIpc) is 2.74. The van der Waals surface area contributed by atoms with Crippen molar-refractivity contribution in [1.29, 1.82) is 0 Å². The van der Waals surface area contributed by atoms with E-state index in [1.54, 1.807) is 10.9 Å². The van der Waals surface area contributed by atoms with Crippen LogP contribution in [0.4, 0.5) is 0 Å². The van der Waals surface area contributed by atoms with Crippen molar-refractivity contribution >= 4 is 5.91 Å². The van der Waals surface area contributed by atoms with Crippen molar-refractivity contribution < 1.29 is 4.79 Å². The number of aryl methyl sites for hydroxylation is 1. The Hall–Kier alpha value is -2.10. The molecule has 0 saturated heterocycles. The van der Waals surface area contributed by atoms with Crippen molar-refractivity contribution in [2.75, 3.05) is 0 Å². The van der Waals surface area contributed by atoms with E-state index in [4.69, 9.17) is 5.73 Å². The van der Waals surface area contributed by atoms with Gasteiger partial charge in [-0.3, -0.25) is 9.48 Å². The number of amides is 1. The van der Waals surface area contributed by atoms with Crippen LogP contribution >= 0.6 is 0 Å². The van der Waals surface area contributed by atoms with Crippen LogP contribution in [0.2, 0.25) is 0 Å². The molecule has 0 spiro atoms. The first kappa shape index (κ1) is 11.4. The van der Waals surface area contributed by atoms with E-state index < -0.39 is 5.91 Å². The molecule has 0 atom stereocenters. The van der Waals surface area contributed by atoms with E-state index in [0.29, 0.717) is 12.0 Å². The first-order valence-electron chi connectivity index (χ1n) is 5.60. The predicted octanol–water partition coefficient (Wildman–Crippen LogP) is 1.59. The zero-order chi connectivity index (χ0) is 12.3. The van der Waals surface area contributed by atoms with E-state index in [-0.39, 0.29) is 0 Å². The van der Waals surface area contributed by atoms with Crippen LogP contribution in [0.15, 0.2) is 36.5 Å². The Bertz CT molecular complexity index is 517. The van der Waals surface area contributed by atoms with Gasteiger partial charge < -0.3 is 5.73 Å². The quantitative estimate of drug-likeness (QED) is 0.865. The van der Waals surface area contributed by atoms with Gasteiger partial charge in [0, 0.05) is 19.2 Å². The largest absolute Gasteiger partial charge is 0.365 e. The van der Waals surface area contributed by atoms with Crippen LogP contribution in [0.5, 0.6) is 0 Å². The lowest BCUT2D eigenvalue weighted by Gasteiger charge is -1.99. The van der Waals surface area contributed by atoms with Crippen molar-refractivity contribution in [3.05, 3.63) is 53.3 Å². The monoisotopic (exact) mass is 229 g/mol. The fourth-order valence-electron chi connectivity index (χ4n) is 1.75. The van der Waals surface area contributed by atoms with E-state index in [1.165, 1.54) is 0 Å². The maximum absolute atomic E-state index is 11.3. The molecule has 0 aliphatic heterocycles. The summed E-state index contributed by atoms with van der Waals surface area (Å²) in [5.41, 5.74) is 7.72. The first-order chi connectivity index (χ1) is 8.20. The highest BCUT2D eigenvalue weighted by molar-refractivity contribution is 5.93. The molecule has 1 aromatic carbocycles. The molecule has 0 bridgehead atoms. The normalized spacial score (nSPS) is 10.4. The molecule has 4 nitrogen and oxygen atoms in total. The summed E-state index contributed by atoms with van der Waals surface area (Å²) in [5, 5.41) is 4.36. The summed E-state index contributed by atoms with van der Waals surface area (Å²) in [6, 6.07) is 9.92. The number of benzene rings is 1. The van der Waals surface area contributed by atoms with Crippen LogP contribution in [0, 0.1) is 0 Å². The van der Waals surface area contributed by atoms with E-state index >= 15 is 0 Å². The number of carbonyl (C=O) groups excluding carboxylic acids is 1. The van der Waals surface area contributed by atoms with E-state index in [0.717, 1.165) is 17.8 Å². The standard InChI is InChI=1S/C13H15N3O/c1-2-16-9-11(13(14)17)12(15-16)8-10-6-4-3-5-7-10/h3-7,9H,2,8H2,1H3,(H2,14,17). The molecule has 0 unspecified atom stereocenters. The van der Waals surface area contributed by atoms with Crippen molar-refractivity contribution in [3.8, 4) is 0 Å². The number of aromatic nitrogens is 2. The van der Waals surface area contributed by atoms with Crippen LogP contribution in [0.25, 0.3) is 0 Å². The molecular weight excluding hydrogens is 214 g/mol. The molecule has 17 heavy (non-hydrogen) atoms. The molecule has 1 heterocycles. The summed E-state index contributed by atoms with van der Waals surface area (Å²) in [7, 11) is 0. The van der Waals surface area contributed by atoms with Gasteiger partial charge >= 0.3 is 0 Å². The Labute approximate surface area is 100 Å². The van der Waals surface area contributed by atoms with Gasteiger partial charge in [-0.2, -0.15) is 5.10 Å². The molecule has 0 aliphatic rings. The molecule has 0 saturated carbocycles. The summed E-state index contributed by atoms with van der Waals surface area (Å²) < 4.78 is 1.73. The minimum Gasteiger partial charge on any atom is -0.365 e. The van der Waals surface area contributed by atoms with Gasteiger partial charge in [0.25, 0.3) is 5.91 Å². The predicted molar refractivity (Wildman–Crippen MR) is 65.7 cm³/mol. The number of carbonyl (C=O) groups is 1. The molecule has 2 rings (SSSR count). The van der Waals surface area contributed by atoms with Crippen LogP contribution in [0.1, 0.15) is 28.5 Å². The van der Waals surface area contributed by atoms with E-state index in [2.05, 4.69) is 5.10 Å². The minimum absolute atomic E-state index is 0.421. The molecule has 0 aliphatic carbocycles. The second-order valence-electron chi connectivity index (χ2n) is 3.87. The van der Waals surface area contributed by atoms with Gasteiger partial charge in [0.15, 0.2) is 0 Å². The van der Waals surface area contributed by atoms with Crippen molar-refractivity contribution in [2.45, 2.75) is 19.9 Å². The molecule has 88 valence electrons. The van der Waals surface area contributed by atoms with Gasteiger partial charge in [0.05, 0.1) is 11.3 Å². The topological polar surface area (TPSA) is 60.9 Å². The SMILES string of the molecule is CCn1cc(C(N)=O)c(Cc2ccccc2)n1. The number of nitrogens with two attached hydrogens (primary N) is 1. The summed E-state index contributed by atoms with van der Waals surface area (Å²) in [6.45, 7) is 2.71. The highest BCUT2D eigenvalue weighted by Gasteiger charge is 2.13. The Morgan fingerprint density at radius 3 is 2.65 bits per heavy atom. The number of primary amides is 1. The lowest BCUT2D eigenvalue weighted by atomic mass is 10.1. The maximum Gasteiger partial charge on any atom is 0.252 e. The zero-order valence-corrected chi connectivity index (χ0v) is 9.76. The second kappa shape index (κ2) is 4.82. The van der Waals surface area contributed by atoms with Gasteiger partial charge in [0.2, 0.25) is 0 Å². The number of rotatable bonds is 4. The van der Waals surface area contributed by atoms with Crippen LogP contribution in [-0.4, -0.2) is 15.7 Å². The third-order valence-corrected chi connectivity index (χ3v) is 2.64. The third-order valence-electron chi connectivity index (χ3n) is 2.64. The third kappa shape index (κ3) is 2.53. The highest BCUT2D eigenvalue weighted by atomic mass is 16.1.